The summed E-state index contributed by atoms with van der Waals surface area (Å²) in [6.07, 6.45) is 5.82. The summed E-state index contributed by atoms with van der Waals surface area (Å²) in [5.41, 5.74) is 1.84. The van der Waals surface area contributed by atoms with Crippen LogP contribution in [0.2, 0.25) is 0 Å². The summed E-state index contributed by atoms with van der Waals surface area (Å²) in [6, 6.07) is 8.70. The van der Waals surface area contributed by atoms with E-state index in [2.05, 4.69) is 11.9 Å². The predicted octanol–water partition coefficient (Wildman–Crippen LogP) is 3.92. The lowest BCUT2D eigenvalue weighted by Gasteiger charge is -2.32. The molecule has 1 aromatic carbocycles. The van der Waals surface area contributed by atoms with Gasteiger partial charge in [-0.3, -0.25) is 9.78 Å². The molecule has 1 atom stereocenters. The van der Waals surface area contributed by atoms with Gasteiger partial charge in [0, 0.05) is 37.0 Å². The fourth-order valence-corrected chi connectivity index (χ4v) is 3.13. The lowest BCUT2D eigenvalue weighted by Crippen LogP contribution is -2.43. The average Bonchev–Trinajstić information content (AvgIpc) is 2.66. The Morgan fingerprint density at radius 2 is 2.12 bits per heavy atom. The van der Waals surface area contributed by atoms with Crippen LogP contribution >= 0.6 is 0 Å². The Hall–Kier alpha value is -2.27. The molecular formula is C20H23FN2O2. The van der Waals surface area contributed by atoms with E-state index in [0.29, 0.717) is 17.7 Å². The first-order chi connectivity index (χ1) is 12.2. The van der Waals surface area contributed by atoms with Crippen molar-refractivity contribution in [3.8, 4) is 11.1 Å². The minimum absolute atomic E-state index is 0.00606. The molecule has 0 radical (unpaired) electrons. The Balaban J connectivity index is 1.69. The molecule has 25 heavy (non-hydrogen) atoms. The molecule has 1 aromatic heterocycles. The number of rotatable bonds is 5. The Morgan fingerprint density at radius 3 is 2.84 bits per heavy atom. The van der Waals surface area contributed by atoms with Crippen LogP contribution < -0.4 is 0 Å². The third-order valence-corrected chi connectivity index (χ3v) is 4.44. The smallest absolute Gasteiger partial charge is 0.253 e. The number of ether oxygens (including phenoxy) is 1. The van der Waals surface area contributed by atoms with Crippen molar-refractivity contribution in [1.82, 2.24) is 9.88 Å². The number of aromatic nitrogens is 1. The molecule has 1 aliphatic heterocycles. The molecule has 4 nitrogen and oxygen atoms in total. The number of hydrogen-bond acceptors (Lipinski definition) is 3. The van der Waals surface area contributed by atoms with Crippen LogP contribution in [0.5, 0.6) is 0 Å². The second-order valence-electron chi connectivity index (χ2n) is 6.32. The Labute approximate surface area is 147 Å². The highest BCUT2D eigenvalue weighted by molar-refractivity contribution is 5.94. The lowest BCUT2D eigenvalue weighted by atomic mass is 10.0. The first kappa shape index (κ1) is 17.5. The molecule has 5 heteroatoms. The summed E-state index contributed by atoms with van der Waals surface area (Å²) in [7, 11) is 0. The third-order valence-electron chi connectivity index (χ3n) is 4.44. The molecule has 1 aliphatic rings. The maximum atomic E-state index is 13.8. The molecule has 0 unspecified atom stereocenters. The molecular weight excluding hydrogens is 319 g/mol. The van der Waals surface area contributed by atoms with Crippen molar-refractivity contribution < 1.29 is 13.9 Å². The fraction of sp³-hybridized carbons (Fsp3) is 0.400. The topological polar surface area (TPSA) is 42.4 Å². The van der Waals surface area contributed by atoms with E-state index in [0.717, 1.165) is 38.0 Å². The fourth-order valence-electron chi connectivity index (χ4n) is 3.13. The van der Waals surface area contributed by atoms with Gasteiger partial charge in [-0.25, -0.2) is 4.39 Å². The summed E-state index contributed by atoms with van der Waals surface area (Å²) >= 11 is 0. The van der Waals surface area contributed by atoms with Crippen LogP contribution in [0.25, 0.3) is 11.1 Å². The van der Waals surface area contributed by atoms with E-state index in [-0.39, 0.29) is 17.8 Å². The number of pyridine rings is 1. The highest BCUT2D eigenvalue weighted by atomic mass is 19.1. The van der Waals surface area contributed by atoms with Gasteiger partial charge in [-0.1, -0.05) is 19.1 Å². The van der Waals surface area contributed by atoms with E-state index in [1.54, 1.807) is 36.5 Å². The van der Waals surface area contributed by atoms with Crippen LogP contribution in [0.4, 0.5) is 4.39 Å². The summed E-state index contributed by atoms with van der Waals surface area (Å²) in [4.78, 5) is 18.3. The average molecular weight is 342 g/mol. The second kappa shape index (κ2) is 8.21. The molecule has 132 valence electrons. The number of hydrogen-bond donors (Lipinski definition) is 0. The highest BCUT2D eigenvalue weighted by Crippen LogP contribution is 2.23. The van der Waals surface area contributed by atoms with Crippen molar-refractivity contribution in [1.29, 1.82) is 0 Å². The van der Waals surface area contributed by atoms with Crippen molar-refractivity contribution in [2.24, 2.45) is 0 Å². The predicted molar refractivity (Wildman–Crippen MR) is 94.8 cm³/mol. The summed E-state index contributed by atoms with van der Waals surface area (Å²) < 4.78 is 19.6. The van der Waals surface area contributed by atoms with Gasteiger partial charge in [0.25, 0.3) is 5.91 Å². The van der Waals surface area contributed by atoms with Gasteiger partial charge in [-0.15, -0.1) is 0 Å². The Morgan fingerprint density at radius 1 is 1.32 bits per heavy atom. The van der Waals surface area contributed by atoms with Gasteiger partial charge in [0.05, 0.1) is 12.3 Å². The van der Waals surface area contributed by atoms with Crippen molar-refractivity contribution >= 4 is 5.91 Å². The number of benzene rings is 1. The van der Waals surface area contributed by atoms with E-state index in [9.17, 15) is 9.18 Å². The Bertz CT molecular complexity index is 718. The molecule has 0 N–H and O–H groups in total. The number of halogens is 1. The van der Waals surface area contributed by atoms with E-state index in [4.69, 9.17) is 4.74 Å². The van der Waals surface area contributed by atoms with Crippen LogP contribution in [0.1, 0.15) is 36.5 Å². The highest BCUT2D eigenvalue weighted by Gasteiger charge is 2.24. The number of amides is 1. The Kier molecular flexibility index (Phi) is 5.76. The zero-order valence-corrected chi connectivity index (χ0v) is 14.5. The number of likely N-dealkylation sites (tertiary alicyclic amines) is 1. The lowest BCUT2D eigenvalue weighted by molar-refractivity contribution is 0.00211. The quantitative estimate of drug-likeness (QED) is 0.827. The van der Waals surface area contributed by atoms with Crippen molar-refractivity contribution in [3.63, 3.8) is 0 Å². The van der Waals surface area contributed by atoms with Gasteiger partial charge in [0.1, 0.15) is 5.82 Å². The summed E-state index contributed by atoms with van der Waals surface area (Å²) in [5, 5.41) is 0. The van der Waals surface area contributed by atoms with Gasteiger partial charge in [0.15, 0.2) is 0 Å². The minimum atomic E-state index is -0.367. The maximum absolute atomic E-state index is 13.8. The zero-order chi connectivity index (χ0) is 17.6. The van der Waals surface area contributed by atoms with Crippen molar-refractivity contribution in [2.45, 2.75) is 32.3 Å². The zero-order valence-electron chi connectivity index (χ0n) is 14.5. The molecule has 3 rings (SSSR count). The van der Waals surface area contributed by atoms with Crippen LogP contribution in [0, 0.1) is 5.82 Å². The summed E-state index contributed by atoms with van der Waals surface area (Å²) in [6.45, 7) is 4.21. The van der Waals surface area contributed by atoms with E-state index >= 15 is 0 Å². The number of piperidine rings is 1. The largest absolute Gasteiger partial charge is 0.376 e. The molecule has 1 amide bonds. The van der Waals surface area contributed by atoms with Gasteiger partial charge < -0.3 is 9.64 Å². The maximum Gasteiger partial charge on any atom is 0.253 e. The monoisotopic (exact) mass is 342 g/mol. The molecule has 0 aliphatic carbocycles. The van der Waals surface area contributed by atoms with Gasteiger partial charge in [-0.2, -0.15) is 0 Å². The third kappa shape index (κ3) is 4.23. The molecule has 1 saturated heterocycles. The molecule has 2 heterocycles. The van der Waals surface area contributed by atoms with Crippen LogP contribution in [-0.4, -0.2) is 41.6 Å². The molecule has 0 bridgehead atoms. The van der Waals surface area contributed by atoms with Crippen molar-refractivity contribution in [3.05, 3.63) is 54.1 Å². The number of carbonyl (C=O) groups is 1. The van der Waals surface area contributed by atoms with Crippen LogP contribution in [0.3, 0.4) is 0 Å². The standard InChI is InChI=1S/C20H23FN2O2/c1-2-12-25-17-4-3-11-23(14-17)20(24)16-7-5-15(6-8-16)18-9-10-22-13-19(18)21/h5-10,13,17H,2-4,11-12,14H2,1H3/t17-/m1/s1. The van der Waals surface area contributed by atoms with E-state index in [1.807, 2.05) is 4.90 Å². The molecule has 0 saturated carbocycles. The first-order valence-corrected chi connectivity index (χ1v) is 8.80. The normalized spacial score (nSPS) is 17.5. The van der Waals surface area contributed by atoms with E-state index < -0.39 is 0 Å². The van der Waals surface area contributed by atoms with Crippen molar-refractivity contribution in [2.75, 3.05) is 19.7 Å². The SMILES string of the molecule is CCCO[C@@H]1CCCN(C(=O)c2ccc(-c3ccncc3F)cc2)C1. The number of nitrogens with zero attached hydrogens (tertiary/aromatic N) is 2. The molecule has 2 aromatic rings. The van der Waals surface area contributed by atoms with Gasteiger partial charge in [-0.05, 0) is 43.0 Å². The van der Waals surface area contributed by atoms with Gasteiger partial charge in [0.2, 0.25) is 0 Å². The van der Waals surface area contributed by atoms with Crippen LogP contribution in [-0.2, 0) is 4.74 Å². The number of carbonyl (C=O) groups excluding carboxylic acids is 1. The first-order valence-electron chi connectivity index (χ1n) is 8.80. The summed E-state index contributed by atoms with van der Waals surface area (Å²) in [5.74, 6) is -0.361. The second-order valence-corrected chi connectivity index (χ2v) is 6.32. The minimum Gasteiger partial charge on any atom is -0.376 e. The molecule has 0 spiro atoms. The van der Waals surface area contributed by atoms with Gasteiger partial charge >= 0.3 is 0 Å². The van der Waals surface area contributed by atoms with E-state index in [1.165, 1.54) is 6.20 Å². The molecule has 1 fully saturated rings. The van der Waals surface area contributed by atoms with Crippen LogP contribution in [0.15, 0.2) is 42.7 Å².